The molecule has 2 aromatic carbocycles. The number of benzene rings is 2. The lowest BCUT2D eigenvalue weighted by molar-refractivity contribution is -0.117. The van der Waals surface area contributed by atoms with E-state index < -0.39 is 0 Å². The van der Waals surface area contributed by atoms with Gasteiger partial charge in [-0.05, 0) is 54.3 Å². The molecule has 0 fully saturated rings. The van der Waals surface area contributed by atoms with Crippen molar-refractivity contribution in [2.45, 2.75) is 26.8 Å². The molecule has 170 valence electrons. The molecule has 0 saturated carbocycles. The topological polar surface area (TPSA) is 89.8 Å². The van der Waals surface area contributed by atoms with Crippen LogP contribution in [-0.2, 0) is 4.79 Å². The minimum atomic E-state index is -0.236. The molecule has 32 heavy (non-hydrogen) atoms. The van der Waals surface area contributed by atoms with Crippen molar-refractivity contribution in [2.24, 2.45) is 5.92 Å². The van der Waals surface area contributed by atoms with Gasteiger partial charge in [0.1, 0.15) is 6.07 Å². The fourth-order valence-electron chi connectivity index (χ4n) is 2.86. The third kappa shape index (κ3) is 7.24. The number of amides is 1. The SMILES string of the molecule is COc1cc(/C=C/C(=O)NC(C)c2ccc(OCC(C)C)c(OC)c2)ccc1OCC#N. The Kier molecular flexibility index (Phi) is 9.43. The summed E-state index contributed by atoms with van der Waals surface area (Å²) in [6.45, 7) is 6.60. The summed E-state index contributed by atoms with van der Waals surface area (Å²) in [5, 5.41) is 11.6. The molecule has 1 unspecified atom stereocenters. The zero-order valence-electron chi connectivity index (χ0n) is 19.2. The number of methoxy groups -OCH3 is 2. The van der Waals surface area contributed by atoms with Gasteiger partial charge < -0.3 is 24.3 Å². The highest BCUT2D eigenvalue weighted by atomic mass is 16.5. The Morgan fingerprint density at radius 1 is 1.00 bits per heavy atom. The smallest absolute Gasteiger partial charge is 0.244 e. The Hall–Kier alpha value is -3.66. The van der Waals surface area contributed by atoms with Crippen molar-refractivity contribution in [1.29, 1.82) is 5.26 Å². The largest absolute Gasteiger partial charge is 0.493 e. The van der Waals surface area contributed by atoms with Crippen molar-refractivity contribution >= 4 is 12.0 Å². The van der Waals surface area contributed by atoms with E-state index >= 15 is 0 Å². The van der Waals surface area contributed by atoms with E-state index in [1.807, 2.05) is 31.2 Å². The predicted molar refractivity (Wildman–Crippen MR) is 123 cm³/mol. The number of nitrogens with one attached hydrogen (secondary N) is 1. The van der Waals surface area contributed by atoms with E-state index in [9.17, 15) is 4.79 Å². The van der Waals surface area contributed by atoms with E-state index in [0.29, 0.717) is 35.5 Å². The van der Waals surface area contributed by atoms with Crippen LogP contribution in [0, 0.1) is 17.2 Å². The van der Waals surface area contributed by atoms with Crippen LogP contribution >= 0.6 is 0 Å². The molecule has 0 radical (unpaired) electrons. The number of hydrogen-bond donors (Lipinski definition) is 1. The van der Waals surface area contributed by atoms with E-state index in [1.165, 1.54) is 13.2 Å². The molecule has 1 atom stereocenters. The molecule has 0 aliphatic rings. The second-order valence-corrected chi connectivity index (χ2v) is 7.54. The van der Waals surface area contributed by atoms with Crippen LogP contribution in [0.2, 0.25) is 0 Å². The molecule has 7 nitrogen and oxygen atoms in total. The third-order valence-corrected chi connectivity index (χ3v) is 4.53. The molecule has 0 saturated heterocycles. The highest BCUT2D eigenvalue weighted by Gasteiger charge is 2.13. The molecular weight excluding hydrogens is 408 g/mol. The average Bonchev–Trinajstić information content (AvgIpc) is 2.79. The summed E-state index contributed by atoms with van der Waals surface area (Å²) in [4.78, 5) is 12.4. The van der Waals surface area contributed by atoms with E-state index in [1.54, 1.807) is 31.4 Å². The summed E-state index contributed by atoms with van der Waals surface area (Å²) < 4.78 is 21.8. The molecule has 0 heterocycles. The van der Waals surface area contributed by atoms with Gasteiger partial charge in [-0.15, -0.1) is 0 Å². The highest BCUT2D eigenvalue weighted by molar-refractivity contribution is 5.92. The van der Waals surface area contributed by atoms with E-state index in [4.69, 9.17) is 24.2 Å². The van der Waals surface area contributed by atoms with Crippen LogP contribution in [0.5, 0.6) is 23.0 Å². The fourth-order valence-corrected chi connectivity index (χ4v) is 2.86. The second-order valence-electron chi connectivity index (χ2n) is 7.54. The summed E-state index contributed by atoms with van der Waals surface area (Å²) in [7, 11) is 3.11. The molecule has 0 aromatic heterocycles. The van der Waals surface area contributed by atoms with Crippen molar-refractivity contribution in [3.63, 3.8) is 0 Å². The van der Waals surface area contributed by atoms with E-state index in [-0.39, 0.29) is 18.6 Å². The average molecular weight is 439 g/mol. The fraction of sp³-hybridized carbons (Fsp3) is 0.360. The van der Waals surface area contributed by atoms with Gasteiger partial charge in [-0.25, -0.2) is 0 Å². The molecule has 2 aromatic rings. The molecular formula is C25H30N2O5. The summed E-state index contributed by atoms with van der Waals surface area (Å²) in [6.07, 6.45) is 3.14. The Balaban J connectivity index is 2.03. The van der Waals surface area contributed by atoms with Gasteiger partial charge in [0.25, 0.3) is 0 Å². The van der Waals surface area contributed by atoms with Crippen molar-refractivity contribution in [3.05, 3.63) is 53.6 Å². The molecule has 0 aliphatic heterocycles. The number of rotatable bonds is 11. The van der Waals surface area contributed by atoms with Crippen molar-refractivity contribution in [3.8, 4) is 29.1 Å². The first-order valence-corrected chi connectivity index (χ1v) is 10.3. The third-order valence-electron chi connectivity index (χ3n) is 4.53. The lowest BCUT2D eigenvalue weighted by Gasteiger charge is -2.17. The van der Waals surface area contributed by atoms with Crippen molar-refractivity contribution in [1.82, 2.24) is 5.32 Å². The minimum Gasteiger partial charge on any atom is -0.493 e. The zero-order chi connectivity index (χ0) is 23.5. The second kappa shape index (κ2) is 12.3. The Labute approximate surface area is 189 Å². The maximum Gasteiger partial charge on any atom is 0.244 e. The van der Waals surface area contributed by atoms with Gasteiger partial charge in [-0.3, -0.25) is 4.79 Å². The first kappa shape index (κ1) is 24.6. The number of carbonyl (C=O) groups excluding carboxylic acids is 1. The standard InChI is InChI=1S/C25H30N2O5/c1-17(2)16-32-22-10-8-20(15-24(22)30-5)18(3)27-25(28)11-7-19-6-9-21(31-13-12-26)23(14-19)29-4/h6-11,14-15,17-18H,13,16H2,1-5H3,(H,27,28)/b11-7+. The van der Waals surface area contributed by atoms with Crippen LogP contribution in [0.3, 0.4) is 0 Å². The molecule has 0 bridgehead atoms. The lowest BCUT2D eigenvalue weighted by atomic mass is 10.1. The number of hydrogen-bond acceptors (Lipinski definition) is 6. The quantitative estimate of drug-likeness (QED) is 0.519. The van der Waals surface area contributed by atoms with E-state index in [0.717, 1.165) is 11.1 Å². The molecule has 0 aliphatic carbocycles. The van der Waals surface area contributed by atoms with Crippen LogP contribution < -0.4 is 24.3 Å². The van der Waals surface area contributed by atoms with Gasteiger partial charge >= 0.3 is 0 Å². The number of carbonyl (C=O) groups is 1. The van der Waals surface area contributed by atoms with Crippen molar-refractivity contribution < 1.29 is 23.7 Å². The normalized spacial score (nSPS) is 11.7. The Bertz CT molecular complexity index is 979. The number of ether oxygens (including phenoxy) is 4. The van der Waals surface area contributed by atoms with Crippen LogP contribution in [0.15, 0.2) is 42.5 Å². The van der Waals surface area contributed by atoms with Gasteiger partial charge in [0.2, 0.25) is 5.91 Å². The van der Waals surface area contributed by atoms with Crippen LogP contribution in [-0.4, -0.2) is 33.3 Å². The van der Waals surface area contributed by atoms with Crippen LogP contribution in [0.4, 0.5) is 0 Å². The monoisotopic (exact) mass is 438 g/mol. The number of nitrogens with zero attached hydrogens (tertiary/aromatic N) is 1. The predicted octanol–water partition coefficient (Wildman–Crippen LogP) is 4.53. The van der Waals surface area contributed by atoms with Gasteiger partial charge in [0.05, 0.1) is 26.9 Å². The molecule has 7 heteroatoms. The minimum absolute atomic E-state index is 0.0680. The van der Waals surface area contributed by atoms with Crippen molar-refractivity contribution in [2.75, 3.05) is 27.4 Å². The van der Waals surface area contributed by atoms with E-state index in [2.05, 4.69) is 19.2 Å². The highest BCUT2D eigenvalue weighted by Crippen LogP contribution is 2.31. The summed E-state index contributed by atoms with van der Waals surface area (Å²) in [5.74, 6) is 2.44. The van der Waals surface area contributed by atoms with Gasteiger partial charge in [-0.1, -0.05) is 26.0 Å². The first-order chi connectivity index (χ1) is 15.4. The maximum atomic E-state index is 12.4. The lowest BCUT2D eigenvalue weighted by Crippen LogP contribution is -2.24. The zero-order valence-corrected chi connectivity index (χ0v) is 19.2. The van der Waals surface area contributed by atoms with Gasteiger partial charge in [0, 0.05) is 6.08 Å². The molecule has 2 rings (SSSR count). The van der Waals surface area contributed by atoms with Crippen LogP contribution in [0.1, 0.15) is 37.9 Å². The summed E-state index contributed by atoms with van der Waals surface area (Å²) in [6, 6.07) is 12.6. The molecule has 1 N–H and O–H groups in total. The Morgan fingerprint density at radius 3 is 2.31 bits per heavy atom. The number of nitriles is 1. The maximum absolute atomic E-state index is 12.4. The van der Waals surface area contributed by atoms with Gasteiger partial charge in [-0.2, -0.15) is 5.26 Å². The molecule has 1 amide bonds. The Morgan fingerprint density at radius 2 is 1.66 bits per heavy atom. The molecule has 0 spiro atoms. The van der Waals surface area contributed by atoms with Gasteiger partial charge in [0.15, 0.2) is 29.6 Å². The summed E-state index contributed by atoms with van der Waals surface area (Å²) in [5.41, 5.74) is 1.67. The van der Waals surface area contributed by atoms with Crippen LogP contribution in [0.25, 0.3) is 6.08 Å². The summed E-state index contributed by atoms with van der Waals surface area (Å²) >= 11 is 0. The first-order valence-electron chi connectivity index (χ1n) is 10.3.